The van der Waals surface area contributed by atoms with Crippen LogP contribution in [0, 0.1) is 5.92 Å². The number of benzene rings is 2. The van der Waals surface area contributed by atoms with Crippen LogP contribution >= 0.6 is 35.0 Å². The Hall–Kier alpha value is -3.54. The third kappa shape index (κ3) is 5.87. The zero-order chi connectivity index (χ0) is 34.7. The van der Waals surface area contributed by atoms with Crippen molar-refractivity contribution in [3.63, 3.8) is 0 Å². The number of hydrogen-bond acceptors (Lipinski definition) is 7. The number of amidine groups is 1. The van der Waals surface area contributed by atoms with Gasteiger partial charge in [0.05, 0.1) is 6.04 Å². The molecule has 254 valence electrons. The first-order valence-electron chi connectivity index (χ1n) is 16.2. The zero-order valence-electron chi connectivity index (χ0n) is 27.7. The van der Waals surface area contributed by atoms with Crippen LogP contribution in [0.3, 0.4) is 0 Å². The van der Waals surface area contributed by atoms with Crippen LogP contribution < -0.4 is 5.73 Å². The molecular weight excluding hydrogens is 671 g/mol. The monoisotopic (exact) mass is 710 g/mol. The number of primary amides is 1. The molecule has 2 saturated heterocycles. The Bertz CT molecular complexity index is 1710. The number of nitrogens with zero attached hydrogens (tertiary/aromatic N) is 5. The maximum Gasteiger partial charge on any atom is 0.263 e. The van der Waals surface area contributed by atoms with Gasteiger partial charge in [-0.25, -0.2) is 4.99 Å². The van der Waals surface area contributed by atoms with E-state index < -0.39 is 29.4 Å². The van der Waals surface area contributed by atoms with Crippen molar-refractivity contribution in [3.8, 4) is 0 Å². The second kappa shape index (κ2) is 13.1. The number of aliphatic imine (C=N–C) groups is 1. The largest absolute Gasteiger partial charge is 0.368 e. The van der Waals surface area contributed by atoms with Gasteiger partial charge in [-0.3, -0.25) is 19.2 Å². The molecule has 6 rings (SSSR count). The number of allylic oxidation sites excluding steroid dienone is 1. The number of nitrogens with two attached hydrogens (primary N) is 1. The molecule has 0 spiro atoms. The molecule has 48 heavy (non-hydrogen) atoms. The lowest BCUT2D eigenvalue weighted by atomic mass is 9.81. The summed E-state index contributed by atoms with van der Waals surface area (Å²) in [6.07, 6.45) is 0.614. The van der Waals surface area contributed by atoms with E-state index in [0.717, 1.165) is 16.8 Å². The number of likely N-dealkylation sites (tertiary alicyclic amines) is 1. The first-order chi connectivity index (χ1) is 22.7. The Balaban J connectivity index is 1.39. The lowest BCUT2D eigenvalue weighted by Gasteiger charge is -2.41. The minimum absolute atomic E-state index is 0.0417. The van der Waals surface area contributed by atoms with Gasteiger partial charge < -0.3 is 25.3 Å². The number of rotatable bonds is 6. The van der Waals surface area contributed by atoms with Crippen LogP contribution in [-0.4, -0.2) is 86.2 Å². The normalized spacial score (nSPS) is 27.1. The van der Waals surface area contributed by atoms with E-state index in [0.29, 0.717) is 52.6 Å². The van der Waals surface area contributed by atoms with E-state index in [1.165, 1.54) is 23.6 Å². The van der Waals surface area contributed by atoms with E-state index >= 15 is 0 Å². The highest BCUT2D eigenvalue weighted by molar-refractivity contribution is 8.18. The van der Waals surface area contributed by atoms with Gasteiger partial charge in [0.2, 0.25) is 17.7 Å². The number of fused-ring (bicyclic) bond motifs is 1. The summed E-state index contributed by atoms with van der Waals surface area (Å²) >= 11 is 13.8. The second-order valence-electron chi connectivity index (χ2n) is 13.4. The number of carbonyl (C=O) groups excluding carboxylic acids is 4. The third-order valence-corrected chi connectivity index (χ3v) is 11.5. The fourth-order valence-electron chi connectivity index (χ4n) is 7.63. The Labute approximate surface area is 295 Å². The Morgan fingerprint density at radius 3 is 2.12 bits per heavy atom. The van der Waals surface area contributed by atoms with Crippen molar-refractivity contribution in [3.05, 3.63) is 80.3 Å². The molecule has 0 aromatic heterocycles. The van der Waals surface area contributed by atoms with Crippen molar-refractivity contribution in [2.24, 2.45) is 16.6 Å². The molecule has 10 nitrogen and oxygen atoms in total. The van der Waals surface area contributed by atoms with Crippen LogP contribution in [0.2, 0.25) is 10.0 Å². The van der Waals surface area contributed by atoms with E-state index in [1.54, 1.807) is 9.80 Å². The van der Waals surface area contributed by atoms with Gasteiger partial charge in [0.1, 0.15) is 22.5 Å². The van der Waals surface area contributed by atoms with Gasteiger partial charge in [-0.1, -0.05) is 61.3 Å². The molecule has 0 unspecified atom stereocenters. The zero-order valence-corrected chi connectivity index (χ0v) is 30.0. The number of carbonyl (C=O) groups is 4. The molecule has 4 amide bonds. The fraction of sp³-hybridized carbons (Fsp3) is 0.457. The molecular formula is C35H40Cl2N6O4S. The van der Waals surface area contributed by atoms with E-state index in [4.69, 9.17) is 33.9 Å². The van der Waals surface area contributed by atoms with Crippen molar-refractivity contribution in [1.82, 2.24) is 19.6 Å². The van der Waals surface area contributed by atoms with Crippen LogP contribution in [0.15, 0.2) is 64.1 Å². The number of piperazine rings is 1. The molecule has 0 radical (unpaired) electrons. The lowest BCUT2D eigenvalue weighted by Crippen LogP contribution is -2.59. The minimum atomic E-state index is -0.923. The van der Waals surface area contributed by atoms with Crippen molar-refractivity contribution in [2.75, 3.05) is 19.6 Å². The summed E-state index contributed by atoms with van der Waals surface area (Å²) in [4.78, 5) is 66.4. The molecule has 2 aromatic carbocycles. The highest BCUT2D eigenvalue weighted by Crippen LogP contribution is 2.56. The van der Waals surface area contributed by atoms with Gasteiger partial charge in [-0.05, 0) is 79.8 Å². The highest BCUT2D eigenvalue weighted by Gasteiger charge is 2.55. The summed E-state index contributed by atoms with van der Waals surface area (Å²) in [5, 5.41) is 1.89. The van der Waals surface area contributed by atoms with E-state index in [9.17, 15) is 19.2 Å². The van der Waals surface area contributed by atoms with Crippen molar-refractivity contribution < 1.29 is 19.2 Å². The SMILES string of the molecule is CC(=O)N1CCN(C(=O)[C@@H]2CC[C@@H](C(N)=O)N2C(=O)C2=C(C(C)C)N3C(=N[C@@](C)(c4ccc(Cl)cc4)[C@H]3c3ccc(Cl)cc3)S2)C[C@H]1C. The molecule has 0 bridgehead atoms. The van der Waals surface area contributed by atoms with E-state index in [2.05, 4.69) is 11.8 Å². The van der Waals surface area contributed by atoms with E-state index in [1.807, 2.05) is 69.3 Å². The maximum absolute atomic E-state index is 14.8. The fourth-order valence-corrected chi connectivity index (χ4v) is 9.24. The van der Waals surface area contributed by atoms with Gasteiger partial charge in [0.25, 0.3) is 5.91 Å². The van der Waals surface area contributed by atoms with Gasteiger partial charge in [0.15, 0.2) is 5.17 Å². The van der Waals surface area contributed by atoms with Crippen molar-refractivity contribution in [2.45, 2.75) is 77.2 Å². The minimum Gasteiger partial charge on any atom is -0.368 e. The van der Waals surface area contributed by atoms with Crippen LogP contribution in [0.1, 0.15) is 64.6 Å². The smallest absolute Gasteiger partial charge is 0.263 e. The summed E-state index contributed by atoms with van der Waals surface area (Å²) in [5.74, 6) is -1.44. The summed E-state index contributed by atoms with van der Waals surface area (Å²) < 4.78 is 0. The molecule has 5 atom stereocenters. The average Bonchev–Trinajstić information content (AvgIpc) is 3.71. The van der Waals surface area contributed by atoms with Crippen LogP contribution in [-0.2, 0) is 24.7 Å². The summed E-state index contributed by atoms with van der Waals surface area (Å²) in [5.41, 5.74) is 7.82. The standard InChI is InChI=1S/C35H40Cl2N6O4S/c1-19(2)28-29(33(47)42-26(31(38)45)14-15-27(42)32(46)40-16-17-41(21(4)44)20(3)18-40)48-34-39-35(5,23-8-12-25(37)13-9-23)30(43(28)34)22-6-10-24(36)11-7-22/h6-13,19-20,26-27,30H,14-18H2,1-5H3,(H2,38,45)/t20-,26+,27+,30-,35+/m1/s1. The number of halogens is 2. The quantitative estimate of drug-likeness (QED) is 0.443. The van der Waals surface area contributed by atoms with Crippen molar-refractivity contribution in [1.29, 1.82) is 0 Å². The summed E-state index contributed by atoms with van der Waals surface area (Å²) in [6, 6.07) is 13.0. The predicted molar refractivity (Wildman–Crippen MR) is 188 cm³/mol. The third-order valence-electron chi connectivity index (χ3n) is 9.94. The Morgan fingerprint density at radius 2 is 1.56 bits per heavy atom. The van der Waals surface area contributed by atoms with Gasteiger partial charge in [0, 0.05) is 48.3 Å². The molecule has 4 aliphatic rings. The van der Waals surface area contributed by atoms with Gasteiger partial charge in [-0.2, -0.15) is 0 Å². The van der Waals surface area contributed by atoms with Crippen LogP contribution in [0.5, 0.6) is 0 Å². The average molecular weight is 712 g/mol. The molecule has 4 aliphatic heterocycles. The first-order valence-corrected chi connectivity index (χ1v) is 17.8. The molecule has 13 heteroatoms. The number of hydrogen-bond donors (Lipinski definition) is 1. The molecule has 0 aliphatic carbocycles. The summed E-state index contributed by atoms with van der Waals surface area (Å²) in [6.45, 7) is 10.7. The Morgan fingerprint density at radius 1 is 0.958 bits per heavy atom. The molecule has 0 saturated carbocycles. The molecule has 4 heterocycles. The number of thioether (sulfide) groups is 1. The van der Waals surface area contributed by atoms with Crippen molar-refractivity contribution >= 4 is 63.8 Å². The predicted octanol–water partition coefficient (Wildman–Crippen LogP) is 5.16. The first kappa shape index (κ1) is 34.3. The lowest BCUT2D eigenvalue weighted by molar-refractivity contribution is -0.148. The Kier molecular flexibility index (Phi) is 9.34. The topological polar surface area (TPSA) is 120 Å². The molecule has 2 N–H and O–H groups in total. The van der Waals surface area contributed by atoms with E-state index in [-0.39, 0.29) is 29.8 Å². The van der Waals surface area contributed by atoms with Gasteiger partial charge >= 0.3 is 0 Å². The molecule has 2 aromatic rings. The summed E-state index contributed by atoms with van der Waals surface area (Å²) in [7, 11) is 0. The highest BCUT2D eigenvalue weighted by atomic mass is 35.5. The maximum atomic E-state index is 14.8. The molecule has 2 fully saturated rings. The van der Waals surface area contributed by atoms with Crippen LogP contribution in [0.25, 0.3) is 0 Å². The second-order valence-corrected chi connectivity index (χ2v) is 15.3. The van der Waals surface area contributed by atoms with Crippen LogP contribution in [0.4, 0.5) is 0 Å². The van der Waals surface area contributed by atoms with Gasteiger partial charge in [-0.15, -0.1) is 0 Å². The number of amides is 4.